The lowest BCUT2D eigenvalue weighted by Crippen LogP contribution is -2.22. The van der Waals surface area contributed by atoms with E-state index in [2.05, 4.69) is 5.32 Å². The summed E-state index contributed by atoms with van der Waals surface area (Å²) >= 11 is 0. The number of hydrogen-bond acceptors (Lipinski definition) is 3. The van der Waals surface area contributed by atoms with Crippen molar-refractivity contribution in [2.45, 2.75) is 19.8 Å². The van der Waals surface area contributed by atoms with Crippen LogP contribution in [0.1, 0.15) is 17.5 Å². The van der Waals surface area contributed by atoms with Crippen LogP contribution in [0.5, 0.6) is 5.75 Å². The third kappa shape index (κ3) is 2.46. The molecule has 1 aliphatic heterocycles. The molecule has 1 aromatic rings. The molecule has 1 atom stereocenters. The largest absolute Gasteiger partial charge is 0.496 e. The highest BCUT2D eigenvalue weighted by atomic mass is 16.5. The van der Waals surface area contributed by atoms with E-state index in [1.807, 2.05) is 25.1 Å². The van der Waals surface area contributed by atoms with Crippen molar-refractivity contribution >= 4 is 11.8 Å². The maximum absolute atomic E-state index is 11.4. The van der Waals surface area contributed by atoms with Crippen molar-refractivity contribution < 1.29 is 14.3 Å². The summed E-state index contributed by atoms with van der Waals surface area (Å²) in [7, 11) is 1.63. The quantitative estimate of drug-likeness (QED) is 0.798. The summed E-state index contributed by atoms with van der Waals surface area (Å²) in [5.74, 6) is 0.268. The molecule has 0 spiro atoms. The fourth-order valence-corrected chi connectivity index (χ4v) is 2.12. The minimum Gasteiger partial charge on any atom is -0.496 e. The van der Waals surface area contributed by atoms with Crippen molar-refractivity contribution in [3.8, 4) is 5.75 Å². The van der Waals surface area contributed by atoms with Crippen molar-refractivity contribution in [1.82, 2.24) is 5.32 Å². The van der Waals surface area contributed by atoms with Gasteiger partial charge in [-0.2, -0.15) is 0 Å². The van der Waals surface area contributed by atoms with E-state index in [-0.39, 0.29) is 17.7 Å². The maximum Gasteiger partial charge on any atom is 0.230 e. The van der Waals surface area contributed by atoms with Crippen LogP contribution in [-0.4, -0.2) is 18.9 Å². The van der Waals surface area contributed by atoms with Crippen molar-refractivity contribution in [2.24, 2.45) is 5.92 Å². The van der Waals surface area contributed by atoms with Gasteiger partial charge in [-0.3, -0.25) is 14.9 Å². The zero-order valence-electron chi connectivity index (χ0n) is 9.95. The average Bonchev–Trinajstić information content (AvgIpc) is 2.58. The fourth-order valence-electron chi connectivity index (χ4n) is 2.12. The molecule has 1 fully saturated rings. The maximum atomic E-state index is 11.4. The number of carbonyl (C=O) groups excluding carboxylic acids is 2. The van der Waals surface area contributed by atoms with Gasteiger partial charge in [-0.1, -0.05) is 12.1 Å². The fraction of sp³-hybridized carbons (Fsp3) is 0.385. The Morgan fingerprint density at radius 3 is 2.71 bits per heavy atom. The third-order valence-corrected chi connectivity index (χ3v) is 3.01. The van der Waals surface area contributed by atoms with Crippen molar-refractivity contribution in [3.05, 3.63) is 29.3 Å². The Labute approximate surface area is 100.0 Å². The predicted octanol–water partition coefficient (Wildman–Crippen LogP) is 1.21. The van der Waals surface area contributed by atoms with Crippen LogP contribution >= 0.6 is 0 Å². The molecule has 1 N–H and O–H groups in total. The molecule has 0 aromatic heterocycles. The second-order valence-corrected chi connectivity index (χ2v) is 4.32. The van der Waals surface area contributed by atoms with E-state index in [1.165, 1.54) is 0 Å². The van der Waals surface area contributed by atoms with Gasteiger partial charge in [-0.05, 0) is 30.5 Å². The van der Waals surface area contributed by atoms with E-state index in [4.69, 9.17) is 4.74 Å². The summed E-state index contributed by atoms with van der Waals surface area (Å²) in [6, 6.07) is 5.82. The van der Waals surface area contributed by atoms with Crippen LogP contribution in [0.4, 0.5) is 0 Å². The van der Waals surface area contributed by atoms with Gasteiger partial charge in [0, 0.05) is 6.42 Å². The van der Waals surface area contributed by atoms with Gasteiger partial charge in [-0.15, -0.1) is 0 Å². The molecule has 2 amide bonds. The number of hydrogen-bond donors (Lipinski definition) is 1. The summed E-state index contributed by atoms with van der Waals surface area (Å²) in [4.78, 5) is 22.5. The highest BCUT2D eigenvalue weighted by Gasteiger charge is 2.30. The third-order valence-electron chi connectivity index (χ3n) is 3.01. The first-order chi connectivity index (χ1) is 8.10. The zero-order valence-corrected chi connectivity index (χ0v) is 9.95. The van der Waals surface area contributed by atoms with Gasteiger partial charge in [0.15, 0.2) is 0 Å². The van der Waals surface area contributed by atoms with Gasteiger partial charge in [0.05, 0.1) is 13.0 Å². The number of carbonyl (C=O) groups is 2. The van der Waals surface area contributed by atoms with E-state index in [1.54, 1.807) is 7.11 Å². The highest BCUT2D eigenvalue weighted by molar-refractivity contribution is 6.03. The Bertz CT molecular complexity index is 468. The minimum absolute atomic E-state index is 0.163. The summed E-state index contributed by atoms with van der Waals surface area (Å²) in [5, 5.41) is 2.32. The van der Waals surface area contributed by atoms with Crippen molar-refractivity contribution in [3.63, 3.8) is 0 Å². The monoisotopic (exact) mass is 233 g/mol. The second-order valence-electron chi connectivity index (χ2n) is 4.32. The number of aryl methyl sites for hydroxylation is 1. The summed E-state index contributed by atoms with van der Waals surface area (Å²) in [6.07, 6.45) is 0.895. The number of nitrogens with one attached hydrogen (secondary N) is 1. The number of ether oxygens (including phenoxy) is 1. The zero-order chi connectivity index (χ0) is 12.4. The number of benzene rings is 1. The van der Waals surface area contributed by atoms with E-state index in [0.717, 1.165) is 16.9 Å². The SMILES string of the molecule is COc1ccc(CC2CC(=O)NC2=O)cc1C. The molecule has 0 aliphatic carbocycles. The van der Waals surface area contributed by atoms with E-state index in [0.29, 0.717) is 12.8 Å². The first kappa shape index (κ1) is 11.6. The number of rotatable bonds is 3. The van der Waals surface area contributed by atoms with E-state index in [9.17, 15) is 9.59 Å². The molecule has 1 aliphatic rings. The van der Waals surface area contributed by atoms with Gasteiger partial charge in [-0.25, -0.2) is 0 Å². The number of amides is 2. The molecule has 4 heteroatoms. The summed E-state index contributed by atoms with van der Waals surface area (Å²) in [5.41, 5.74) is 2.09. The van der Waals surface area contributed by atoms with Gasteiger partial charge in [0.25, 0.3) is 0 Å². The summed E-state index contributed by atoms with van der Waals surface area (Å²) < 4.78 is 5.17. The van der Waals surface area contributed by atoms with Crippen LogP contribution < -0.4 is 10.1 Å². The smallest absolute Gasteiger partial charge is 0.230 e. The first-order valence-corrected chi connectivity index (χ1v) is 5.57. The Hall–Kier alpha value is -1.84. The lowest BCUT2D eigenvalue weighted by molar-refractivity contribution is -0.125. The number of methoxy groups -OCH3 is 1. The predicted molar refractivity (Wildman–Crippen MR) is 62.7 cm³/mol. The Morgan fingerprint density at radius 1 is 1.41 bits per heavy atom. The van der Waals surface area contributed by atoms with Gasteiger partial charge < -0.3 is 4.74 Å². The van der Waals surface area contributed by atoms with Crippen LogP contribution in [0.25, 0.3) is 0 Å². The molecule has 1 saturated heterocycles. The Morgan fingerprint density at radius 2 is 2.18 bits per heavy atom. The molecule has 4 nitrogen and oxygen atoms in total. The minimum atomic E-state index is -0.227. The standard InChI is InChI=1S/C13H15NO3/c1-8-5-9(3-4-11(8)17-2)6-10-7-12(15)14-13(10)16/h3-5,10H,6-7H2,1-2H3,(H,14,15,16). The summed E-state index contributed by atoms with van der Waals surface area (Å²) in [6.45, 7) is 1.96. The molecule has 1 aromatic carbocycles. The number of imide groups is 1. The van der Waals surface area contributed by atoms with E-state index < -0.39 is 0 Å². The molecule has 0 bridgehead atoms. The molecular formula is C13H15NO3. The van der Waals surface area contributed by atoms with Crippen molar-refractivity contribution in [2.75, 3.05) is 7.11 Å². The topological polar surface area (TPSA) is 55.4 Å². The van der Waals surface area contributed by atoms with Crippen LogP contribution in [-0.2, 0) is 16.0 Å². The first-order valence-electron chi connectivity index (χ1n) is 5.57. The molecule has 0 saturated carbocycles. The average molecular weight is 233 g/mol. The lowest BCUT2D eigenvalue weighted by Gasteiger charge is -2.09. The van der Waals surface area contributed by atoms with Crippen LogP contribution in [0.3, 0.4) is 0 Å². The molecule has 2 rings (SSSR count). The van der Waals surface area contributed by atoms with Gasteiger partial charge in [0.1, 0.15) is 5.75 Å². The second kappa shape index (κ2) is 4.57. The Balaban J connectivity index is 2.11. The van der Waals surface area contributed by atoms with Crippen LogP contribution in [0.2, 0.25) is 0 Å². The van der Waals surface area contributed by atoms with Gasteiger partial charge >= 0.3 is 0 Å². The van der Waals surface area contributed by atoms with Crippen LogP contribution in [0.15, 0.2) is 18.2 Å². The van der Waals surface area contributed by atoms with E-state index >= 15 is 0 Å². The molecule has 0 radical (unpaired) electrons. The molecule has 17 heavy (non-hydrogen) atoms. The molecule has 1 unspecified atom stereocenters. The van der Waals surface area contributed by atoms with Gasteiger partial charge in [0.2, 0.25) is 11.8 Å². The molecule has 90 valence electrons. The lowest BCUT2D eigenvalue weighted by atomic mass is 9.97. The molecule has 1 heterocycles. The molecular weight excluding hydrogens is 218 g/mol. The van der Waals surface area contributed by atoms with Crippen LogP contribution in [0, 0.1) is 12.8 Å². The normalized spacial score (nSPS) is 19.3. The Kier molecular flexibility index (Phi) is 3.13. The van der Waals surface area contributed by atoms with Crippen molar-refractivity contribution in [1.29, 1.82) is 0 Å². The highest BCUT2D eigenvalue weighted by Crippen LogP contribution is 2.22.